The van der Waals surface area contributed by atoms with Gasteiger partial charge in [-0.05, 0) is 24.3 Å². The summed E-state index contributed by atoms with van der Waals surface area (Å²) >= 11 is 5.45. The third-order valence-corrected chi connectivity index (χ3v) is 5.51. The fraction of sp³-hybridized carbons (Fsp3) is 0.500. The molecule has 0 aliphatic carbocycles. The summed E-state index contributed by atoms with van der Waals surface area (Å²) in [4.78, 5) is 0. The van der Waals surface area contributed by atoms with E-state index in [1.54, 1.807) is 0 Å². The van der Waals surface area contributed by atoms with Gasteiger partial charge in [-0.2, -0.15) is 0 Å². The fourth-order valence-corrected chi connectivity index (χ4v) is 3.58. The van der Waals surface area contributed by atoms with Crippen LogP contribution in [0.4, 0.5) is 0 Å². The molecule has 1 aromatic carbocycles. The lowest BCUT2D eigenvalue weighted by molar-refractivity contribution is 0.321. The van der Waals surface area contributed by atoms with Gasteiger partial charge in [0.25, 0.3) is 0 Å². The van der Waals surface area contributed by atoms with Gasteiger partial charge in [-0.25, -0.2) is 12.7 Å². The molecule has 1 aliphatic heterocycles. The second-order valence-corrected chi connectivity index (χ2v) is 6.86. The van der Waals surface area contributed by atoms with Crippen molar-refractivity contribution in [2.24, 2.45) is 0 Å². The van der Waals surface area contributed by atoms with Crippen LogP contribution in [-0.4, -0.2) is 31.0 Å². The SMILES string of the molecule is O=S(=O)(CCl)N1CCC(c2ccccc2)CC1. The molecule has 0 aromatic heterocycles. The van der Waals surface area contributed by atoms with E-state index in [2.05, 4.69) is 12.1 Å². The topological polar surface area (TPSA) is 37.4 Å². The minimum atomic E-state index is -3.23. The zero-order chi connectivity index (χ0) is 12.3. The maximum atomic E-state index is 11.6. The van der Waals surface area contributed by atoms with Gasteiger partial charge < -0.3 is 0 Å². The maximum Gasteiger partial charge on any atom is 0.228 e. The van der Waals surface area contributed by atoms with Crippen molar-refractivity contribution >= 4 is 21.6 Å². The maximum absolute atomic E-state index is 11.6. The molecule has 17 heavy (non-hydrogen) atoms. The Balaban J connectivity index is 2.00. The van der Waals surface area contributed by atoms with E-state index in [-0.39, 0.29) is 5.21 Å². The predicted molar refractivity (Wildman–Crippen MR) is 69.6 cm³/mol. The Labute approximate surface area is 107 Å². The number of rotatable bonds is 3. The first-order valence-electron chi connectivity index (χ1n) is 5.72. The monoisotopic (exact) mass is 273 g/mol. The second-order valence-electron chi connectivity index (χ2n) is 4.30. The van der Waals surface area contributed by atoms with Crippen molar-refractivity contribution in [3.05, 3.63) is 35.9 Å². The number of nitrogens with zero attached hydrogens (tertiary/aromatic N) is 1. The Hall–Kier alpha value is -0.580. The van der Waals surface area contributed by atoms with Gasteiger partial charge in [-0.3, -0.25) is 0 Å². The second kappa shape index (κ2) is 5.38. The average molecular weight is 274 g/mol. The predicted octanol–water partition coefficient (Wildman–Crippen LogP) is 2.39. The standard InChI is InChI=1S/C12H16ClNO2S/c13-10-17(15,16)14-8-6-12(7-9-14)11-4-2-1-3-5-11/h1-5,12H,6-10H2. The summed E-state index contributed by atoms with van der Waals surface area (Å²) in [5.74, 6) is 0.470. The molecule has 5 heteroatoms. The molecule has 94 valence electrons. The van der Waals surface area contributed by atoms with Crippen LogP contribution < -0.4 is 0 Å². The van der Waals surface area contributed by atoms with E-state index in [4.69, 9.17) is 11.6 Å². The molecule has 1 saturated heterocycles. The summed E-state index contributed by atoms with van der Waals surface area (Å²) in [6.45, 7) is 1.16. The Morgan fingerprint density at radius 3 is 2.29 bits per heavy atom. The third-order valence-electron chi connectivity index (χ3n) is 3.26. The number of hydrogen-bond acceptors (Lipinski definition) is 2. The molecule has 0 saturated carbocycles. The third kappa shape index (κ3) is 3.00. The summed E-state index contributed by atoms with van der Waals surface area (Å²) in [6.07, 6.45) is 1.75. The van der Waals surface area contributed by atoms with E-state index in [1.165, 1.54) is 9.87 Å². The number of halogens is 1. The van der Waals surface area contributed by atoms with Crippen molar-refractivity contribution in [3.63, 3.8) is 0 Å². The summed E-state index contributed by atoms with van der Waals surface area (Å²) in [7, 11) is -3.23. The number of sulfonamides is 1. The molecule has 0 N–H and O–H groups in total. The van der Waals surface area contributed by atoms with Gasteiger partial charge in [0.15, 0.2) is 0 Å². The van der Waals surface area contributed by atoms with Crippen LogP contribution >= 0.6 is 11.6 Å². The molecule has 0 unspecified atom stereocenters. The first kappa shape index (κ1) is 12.9. The lowest BCUT2D eigenvalue weighted by Crippen LogP contribution is -2.38. The van der Waals surface area contributed by atoms with Gasteiger partial charge in [0.1, 0.15) is 5.21 Å². The van der Waals surface area contributed by atoms with E-state index in [0.717, 1.165) is 12.8 Å². The molecule has 2 rings (SSSR count). The van der Waals surface area contributed by atoms with Crippen LogP contribution in [0, 0.1) is 0 Å². The lowest BCUT2D eigenvalue weighted by Gasteiger charge is -2.30. The Morgan fingerprint density at radius 2 is 1.76 bits per heavy atom. The molecule has 1 fully saturated rings. The molecular weight excluding hydrogens is 258 g/mol. The van der Waals surface area contributed by atoms with Crippen molar-refractivity contribution in [3.8, 4) is 0 Å². The van der Waals surface area contributed by atoms with Crippen LogP contribution in [-0.2, 0) is 10.0 Å². The van der Waals surface area contributed by atoms with Crippen LogP contribution in [0.1, 0.15) is 24.3 Å². The minimum Gasteiger partial charge on any atom is -0.211 e. The first-order chi connectivity index (χ1) is 8.13. The summed E-state index contributed by atoms with van der Waals surface area (Å²) in [5, 5.41) is -0.316. The Morgan fingerprint density at radius 1 is 1.18 bits per heavy atom. The van der Waals surface area contributed by atoms with Gasteiger partial charge in [0, 0.05) is 13.1 Å². The highest BCUT2D eigenvalue weighted by atomic mass is 35.5. The van der Waals surface area contributed by atoms with Crippen LogP contribution in [0.15, 0.2) is 30.3 Å². The molecular formula is C12H16ClNO2S. The highest BCUT2D eigenvalue weighted by Gasteiger charge is 2.27. The Kier molecular flexibility index (Phi) is 4.07. The number of benzene rings is 1. The van der Waals surface area contributed by atoms with Crippen LogP contribution in [0.3, 0.4) is 0 Å². The smallest absolute Gasteiger partial charge is 0.211 e. The van der Waals surface area contributed by atoms with E-state index in [0.29, 0.717) is 19.0 Å². The lowest BCUT2D eigenvalue weighted by atomic mass is 9.90. The van der Waals surface area contributed by atoms with Crippen molar-refractivity contribution in [2.75, 3.05) is 18.3 Å². The minimum absolute atomic E-state index is 0.316. The number of piperidine rings is 1. The van der Waals surface area contributed by atoms with Gasteiger partial charge in [0.05, 0.1) is 0 Å². The number of alkyl halides is 1. The normalized spacial score (nSPS) is 19.4. The van der Waals surface area contributed by atoms with Gasteiger partial charge in [-0.15, -0.1) is 11.6 Å². The van der Waals surface area contributed by atoms with E-state index >= 15 is 0 Å². The largest absolute Gasteiger partial charge is 0.228 e. The van der Waals surface area contributed by atoms with Gasteiger partial charge in [0.2, 0.25) is 10.0 Å². The van der Waals surface area contributed by atoms with E-state index in [9.17, 15) is 8.42 Å². The van der Waals surface area contributed by atoms with Crippen molar-refractivity contribution in [2.45, 2.75) is 18.8 Å². The average Bonchev–Trinajstić information content (AvgIpc) is 2.40. The molecule has 0 atom stereocenters. The summed E-state index contributed by atoms with van der Waals surface area (Å²) < 4.78 is 24.7. The quantitative estimate of drug-likeness (QED) is 0.793. The highest BCUT2D eigenvalue weighted by Crippen LogP contribution is 2.28. The molecule has 1 heterocycles. The summed E-state index contributed by atoms with van der Waals surface area (Å²) in [5.41, 5.74) is 1.30. The molecule has 0 spiro atoms. The van der Waals surface area contributed by atoms with E-state index in [1.807, 2.05) is 18.2 Å². The fourth-order valence-electron chi connectivity index (χ4n) is 2.26. The number of hydrogen-bond donors (Lipinski definition) is 0. The zero-order valence-electron chi connectivity index (χ0n) is 9.55. The molecule has 1 aromatic rings. The molecule has 1 aliphatic rings. The van der Waals surface area contributed by atoms with Gasteiger partial charge in [-0.1, -0.05) is 30.3 Å². The highest BCUT2D eigenvalue weighted by molar-refractivity contribution is 7.90. The van der Waals surface area contributed by atoms with Crippen molar-refractivity contribution < 1.29 is 8.42 Å². The van der Waals surface area contributed by atoms with Gasteiger partial charge >= 0.3 is 0 Å². The Bertz CT molecular complexity index is 453. The molecule has 0 bridgehead atoms. The van der Waals surface area contributed by atoms with Crippen LogP contribution in [0.2, 0.25) is 0 Å². The summed E-state index contributed by atoms with van der Waals surface area (Å²) in [6, 6.07) is 10.3. The van der Waals surface area contributed by atoms with E-state index < -0.39 is 10.0 Å². The molecule has 0 amide bonds. The molecule has 3 nitrogen and oxygen atoms in total. The molecule has 0 radical (unpaired) electrons. The zero-order valence-corrected chi connectivity index (χ0v) is 11.1. The van der Waals surface area contributed by atoms with Crippen LogP contribution in [0.5, 0.6) is 0 Å². The van der Waals surface area contributed by atoms with Crippen molar-refractivity contribution in [1.82, 2.24) is 4.31 Å². The van der Waals surface area contributed by atoms with Crippen LogP contribution in [0.25, 0.3) is 0 Å². The van der Waals surface area contributed by atoms with Crippen molar-refractivity contribution in [1.29, 1.82) is 0 Å². The first-order valence-corrected chi connectivity index (χ1v) is 7.86.